The minimum absolute atomic E-state index is 0.299. The van der Waals surface area contributed by atoms with Crippen molar-refractivity contribution in [2.24, 2.45) is 5.73 Å². The summed E-state index contributed by atoms with van der Waals surface area (Å²) in [6, 6.07) is 10.9. The Kier molecular flexibility index (Phi) is 3.38. The van der Waals surface area contributed by atoms with Crippen LogP contribution in [0.5, 0.6) is 0 Å². The lowest BCUT2D eigenvalue weighted by Gasteiger charge is -2.15. The van der Waals surface area contributed by atoms with Crippen molar-refractivity contribution in [3.63, 3.8) is 0 Å². The molecule has 0 saturated heterocycles. The van der Waals surface area contributed by atoms with Gasteiger partial charge in [-0.3, -0.25) is 0 Å². The smallest absolute Gasteiger partial charge is 0.240 e. The van der Waals surface area contributed by atoms with Gasteiger partial charge in [0.15, 0.2) is 0 Å². The zero-order valence-corrected chi connectivity index (χ0v) is 9.66. The van der Waals surface area contributed by atoms with Gasteiger partial charge in [0.1, 0.15) is 0 Å². The van der Waals surface area contributed by atoms with Crippen molar-refractivity contribution in [3.05, 3.63) is 47.5 Å². The Morgan fingerprint density at radius 3 is 2.35 bits per heavy atom. The third-order valence-electron chi connectivity index (χ3n) is 3.01. The predicted octanol–water partition coefficient (Wildman–Crippen LogP) is 3.80. The highest BCUT2D eigenvalue weighted by molar-refractivity contribution is 5.88. The standard InChI is InChI=1S/C14H15F2N/c1-9-6-7-12(13(17)8-14(15)16)11-5-3-2-4-10(9)11/h2-7,13-14H,8,17H2,1H3/t13-/m0/s1. The highest BCUT2D eigenvalue weighted by Gasteiger charge is 2.15. The molecule has 2 rings (SSSR count). The number of aryl methyl sites for hydroxylation is 1. The summed E-state index contributed by atoms with van der Waals surface area (Å²) in [5, 5.41) is 2.05. The molecular weight excluding hydrogens is 220 g/mol. The molecule has 0 radical (unpaired) electrons. The number of benzene rings is 2. The Morgan fingerprint density at radius 1 is 1.06 bits per heavy atom. The number of fused-ring (bicyclic) bond motifs is 1. The largest absolute Gasteiger partial charge is 0.324 e. The fourth-order valence-electron chi connectivity index (χ4n) is 2.12. The molecule has 0 aliphatic carbocycles. The van der Waals surface area contributed by atoms with Crippen LogP contribution in [0.25, 0.3) is 10.8 Å². The first-order valence-corrected chi connectivity index (χ1v) is 5.61. The molecule has 0 aromatic heterocycles. The second-order valence-corrected chi connectivity index (χ2v) is 4.25. The molecule has 2 N–H and O–H groups in total. The van der Waals surface area contributed by atoms with Crippen molar-refractivity contribution in [1.29, 1.82) is 0 Å². The molecule has 2 aromatic rings. The molecular formula is C14H15F2N. The van der Waals surface area contributed by atoms with E-state index in [-0.39, 0.29) is 6.42 Å². The molecule has 0 heterocycles. The van der Waals surface area contributed by atoms with Crippen LogP contribution < -0.4 is 5.73 Å². The average molecular weight is 235 g/mol. The zero-order chi connectivity index (χ0) is 12.4. The van der Waals surface area contributed by atoms with Crippen LogP contribution in [0.15, 0.2) is 36.4 Å². The summed E-state index contributed by atoms with van der Waals surface area (Å²) in [5.41, 5.74) is 7.76. The minimum atomic E-state index is -2.37. The van der Waals surface area contributed by atoms with Gasteiger partial charge in [-0.15, -0.1) is 0 Å². The van der Waals surface area contributed by atoms with Crippen molar-refractivity contribution < 1.29 is 8.78 Å². The third kappa shape index (κ3) is 2.44. The lowest BCUT2D eigenvalue weighted by atomic mass is 9.95. The molecule has 0 aliphatic rings. The van der Waals surface area contributed by atoms with Crippen LogP contribution in [-0.2, 0) is 0 Å². The molecule has 1 nitrogen and oxygen atoms in total. The Balaban J connectivity index is 2.51. The highest BCUT2D eigenvalue weighted by Crippen LogP contribution is 2.28. The van der Waals surface area contributed by atoms with Crippen LogP contribution in [0.4, 0.5) is 8.78 Å². The van der Waals surface area contributed by atoms with E-state index in [1.165, 1.54) is 0 Å². The maximum absolute atomic E-state index is 12.4. The number of hydrogen-bond acceptors (Lipinski definition) is 1. The molecule has 3 heteroatoms. The van der Waals surface area contributed by atoms with Crippen molar-refractivity contribution in [3.8, 4) is 0 Å². The van der Waals surface area contributed by atoms with Gasteiger partial charge in [-0.1, -0.05) is 36.4 Å². The van der Waals surface area contributed by atoms with Gasteiger partial charge < -0.3 is 5.73 Å². The third-order valence-corrected chi connectivity index (χ3v) is 3.01. The molecule has 2 aromatic carbocycles. The summed E-state index contributed by atoms with van der Waals surface area (Å²) < 4.78 is 24.7. The van der Waals surface area contributed by atoms with Gasteiger partial charge >= 0.3 is 0 Å². The fraction of sp³-hybridized carbons (Fsp3) is 0.286. The van der Waals surface area contributed by atoms with E-state index in [0.717, 1.165) is 21.9 Å². The number of halogens is 2. The van der Waals surface area contributed by atoms with Crippen LogP contribution in [0.3, 0.4) is 0 Å². The number of hydrogen-bond donors (Lipinski definition) is 1. The van der Waals surface area contributed by atoms with E-state index in [1.54, 1.807) is 0 Å². The van der Waals surface area contributed by atoms with E-state index in [1.807, 2.05) is 43.3 Å². The minimum Gasteiger partial charge on any atom is -0.324 e. The quantitative estimate of drug-likeness (QED) is 0.860. The van der Waals surface area contributed by atoms with Crippen LogP contribution in [-0.4, -0.2) is 6.43 Å². The molecule has 0 bridgehead atoms. The van der Waals surface area contributed by atoms with E-state index < -0.39 is 12.5 Å². The number of nitrogens with two attached hydrogens (primary N) is 1. The molecule has 0 fully saturated rings. The molecule has 0 amide bonds. The maximum atomic E-state index is 12.4. The highest BCUT2D eigenvalue weighted by atomic mass is 19.3. The second kappa shape index (κ2) is 4.80. The number of rotatable bonds is 3. The monoisotopic (exact) mass is 235 g/mol. The van der Waals surface area contributed by atoms with Gasteiger partial charge in [0.2, 0.25) is 6.43 Å². The molecule has 0 unspecified atom stereocenters. The lowest BCUT2D eigenvalue weighted by Crippen LogP contribution is -2.14. The Hall–Kier alpha value is -1.48. The SMILES string of the molecule is Cc1ccc([C@@H](N)CC(F)F)c2ccccc12. The summed E-state index contributed by atoms with van der Waals surface area (Å²) in [5.74, 6) is 0. The molecule has 1 atom stereocenters. The molecule has 17 heavy (non-hydrogen) atoms. The average Bonchev–Trinajstić information content (AvgIpc) is 2.29. The van der Waals surface area contributed by atoms with Crippen LogP contribution in [0.2, 0.25) is 0 Å². The van der Waals surface area contributed by atoms with Gasteiger partial charge in [0.25, 0.3) is 0 Å². The first-order chi connectivity index (χ1) is 8.09. The van der Waals surface area contributed by atoms with Crippen molar-refractivity contribution >= 4 is 10.8 Å². The van der Waals surface area contributed by atoms with E-state index in [0.29, 0.717) is 0 Å². The Morgan fingerprint density at radius 2 is 1.71 bits per heavy atom. The maximum Gasteiger partial charge on any atom is 0.240 e. The van der Waals surface area contributed by atoms with E-state index >= 15 is 0 Å². The van der Waals surface area contributed by atoms with Crippen LogP contribution >= 0.6 is 0 Å². The Bertz CT molecular complexity index is 523. The normalized spacial score (nSPS) is 13.2. The first-order valence-electron chi connectivity index (χ1n) is 5.61. The summed E-state index contributed by atoms with van der Waals surface area (Å²) in [6.45, 7) is 2.00. The van der Waals surface area contributed by atoms with E-state index in [4.69, 9.17) is 5.73 Å². The molecule has 90 valence electrons. The predicted molar refractivity (Wildman–Crippen MR) is 66.2 cm³/mol. The fourth-order valence-corrected chi connectivity index (χ4v) is 2.12. The van der Waals surface area contributed by atoms with Crippen molar-refractivity contribution in [1.82, 2.24) is 0 Å². The molecule has 0 saturated carbocycles. The summed E-state index contributed by atoms with van der Waals surface area (Å²) in [4.78, 5) is 0. The molecule has 0 spiro atoms. The summed E-state index contributed by atoms with van der Waals surface area (Å²) in [6.07, 6.45) is -2.67. The Labute approximate surface area is 99.2 Å². The van der Waals surface area contributed by atoms with Gasteiger partial charge in [0, 0.05) is 12.5 Å². The number of alkyl halides is 2. The van der Waals surface area contributed by atoms with Crippen molar-refractivity contribution in [2.75, 3.05) is 0 Å². The van der Waals surface area contributed by atoms with Crippen molar-refractivity contribution in [2.45, 2.75) is 25.8 Å². The van der Waals surface area contributed by atoms with Gasteiger partial charge in [-0.2, -0.15) is 0 Å². The van der Waals surface area contributed by atoms with Gasteiger partial charge in [-0.05, 0) is 28.8 Å². The van der Waals surface area contributed by atoms with Gasteiger partial charge in [0.05, 0.1) is 0 Å². The summed E-state index contributed by atoms with van der Waals surface area (Å²) in [7, 11) is 0. The van der Waals surface area contributed by atoms with Gasteiger partial charge in [-0.25, -0.2) is 8.78 Å². The first kappa shape index (κ1) is 12.0. The summed E-state index contributed by atoms with van der Waals surface area (Å²) >= 11 is 0. The van der Waals surface area contributed by atoms with Crippen LogP contribution in [0.1, 0.15) is 23.6 Å². The topological polar surface area (TPSA) is 26.0 Å². The lowest BCUT2D eigenvalue weighted by molar-refractivity contribution is 0.128. The second-order valence-electron chi connectivity index (χ2n) is 4.25. The zero-order valence-electron chi connectivity index (χ0n) is 9.66. The molecule has 0 aliphatic heterocycles. The van der Waals surface area contributed by atoms with Crippen LogP contribution in [0, 0.1) is 6.92 Å². The van der Waals surface area contributed by atoms with E-state index in [2.05, 4.69) is 0 Å². The van der Waals surface area contributed by atoms with E-state index in [9.17, 15) is 8.78 Å².